The van der Waals surface area contributed by atoms with Gasteiger partial charge in [0.15, 0.2) is 0 Å². The van der Waals surface area contributed by atoms with E-state index in [2.05, 4.69) is 70.2 Å². The molecule has 0 aliphatic heterocycles. The Bertz CT molecular complexity index is 579. The minimum absolute atomic E-state index is 0.211. The van der Waals surface area contributed by atoms with Gasteiger partial charge in [-0.1, -0.05) is 50.7 Å². The first kappa shape index (κ1) is 15.1. The van der Waals surface area contributed by atoms with Crippen LogP contribution in [0.5, 0.6) is 0 Å². The minimum atomic E-state index is 0.211. The Morgan fingerprint density at radius 1 is 0.950 bits per heavy atom. The van der Waals surface area contributed by atoms with Gasteiger partial charge < -0.3 is 5.73 Å². The standard InChI is InChI=1S/C18H23NS/c1-13-11-17(8-5-14(13)12-19)20-16-9-6-15(7-10-16)18(2,3)4/h5-11H,12,19H2,1-4H3. The number of benzene rings is 2. The molecule has 106 valence electrons. The van der Waals surface area contributed by atoms with Crippen LogP contribution in [0.3, 0.4) is 0 Å². The molecule has 0 bridgehead atoms. The van der Waals surface area contributed by atoms with Crippen LogP contribution in [0.2, 0.25) is 0 Å². The van der Waals surface area contributed by atoms with E-state index in [0.717, 1.165) is 0 Å². The van der Waals surface area contributed by atoms with E-state index in [0.29, 0.717) is 6.54 Å². The fourth-order valence-corrected chi connectivity index (χ4v) is 3.04. The van der Waals surface area contributed by atoms with Crippen molar-refractivity contribution in [3.05, 3.63) is 59.2 Å². The van der Waals surface area contributed by atoms with Crippen molar-refractivity contribution < 1.29 is 0 Å². The van der Waals surface area contributed by atoms with Crippen LogP contribution >= 0.6 is 11.8 Å². The van der Waals surface area contributed by atoms with E-state index in [1.807, 2.05) is 0 Å². The van der Waals surface area contributed by atoms with Crippen LogP contribution in [0.25, 0.3) is 0 Å². The van der Waals surface area contributed by atoms with Gasteiger partial charge in [0.1, 0.15) is 0 Å². The second kappa shape index (κ2) is 6.02. The number of hydrogen-bond acceptors (Lipinski definition) is 2. The molecule has 0 spiro atoms. The van der Waals surface area contributed by atoms with Gasteiger partial charge in [-0.2, -0.15) is 0 Å². The molecule has 0 atom stereocenters. The zero-order valence-corrected chi connectivity index (χ0v) is 13.6. The Labute approximate surface area is 126 Å². The molecule has 0 aromatic heterocycles. The third-order valence-electron chi connectivity index (χ3n) is 3.49. The second-order valence-electron chi connectivity index (χ2n) is 6.17. The first-order valence-corrected chi connectivity index (χ1v) is 7.80. The summed E-state index contributed by atoms with van der Waals surface area (Å²) in [5.41, 5.74) is 9.77. The third-order valence-corrected chi connectivity index (χ3v) is 4.49. The highest BCUT2D eigenvalue weighted by Gasteiger charge is 2.12. The molecule has 0 heterocycles. The molecule has 0 aliphatic rings. The van der Waals surface area contributed by atoms with E-state index in [-0.39, 0.29) is 5.41 Å². The fraction of sp³-hybridized carbons (Fsp3) is 0.333. The van der Waals surface area contributed by atoms with E-state index in [1.165, 1.54) is 26.5 Å². The Hall–Kier alpha value is -1.25. The summed E-state index contributed by atoms with van der Waals surface area (Å²) < 4.78 is 0. The van der Waals surface area contributed by atoms with Crippen LogP contribution < -0.4 is 5.73 Å². The Morgan fingerprint density at radius 2 is 1.55 bits per heavy atom. The molecule has 0 unspecified atom stereocenters. The molecule has 1 nitrogen and oxygen atoms in total. The first-order valence-electron chi connectivity index (χ1n) is 6.98. The van der Waals surface area contributed by atoms with Gasteiger partial charge in [-0.05, 0) is 53.3 Å². The van der Waals surface area contributed by atoms with Crippen molar-refractivity contribution >= 4 is 11.8 Å². The molecule has 0 saturated carbocycles. The molecule has 2 aromatic carbocycles. The van der Waals surface area contributed by atoms with Gasteiger partial charge in [0.2, 0.25) is 0 Å². The third kappa shape index (κ3) is 3.65. The fourth-order valence-electron chi connectivity index (χ4n) is 2.12. The van der Waals surface area contributed by atoms with E-state index in [4.69, 9.17) is 5.73 Å². The van der Waals surface area contributed by atoms with Gasteiger partial charge in [0, 0.05) is 16.3 Å². The van der Waals surface area contributed by atoms with Gasteiger partial charge in [-0.3, -0.25) is 0 Å². The average molecular weight is 285 g/mol. The molecular weight excluding hydrogens is 262 g/mol. The van der Waals surface area contributed by atoms with Gasteiger partial charge in [0.05, 0.1) is 0 Å². The van der Waals surface area contributed by atoms with E-state index in [1.54, 1.807) is 11.8 Å². The Kier molecular flexibility index (Phi) is 4.56. The van der Waals surface area contributed by atoms with Gasteiger partial charge in [-0.15, -0.1) is 0 Å². The van der Waals surface area contributed by atoms with E-state index >= 15 is 0 Å². The van der Waals surface area contributed by atoms with Crippen molar-refractivity contribution in [1.29, 1.82) is 0 Å². The summed E-state index contributed by atoms with van der Waals surface area (Å²) in [6.45, 7) is 9.45. The van der Waals surface area contributed by atoms with Crippen LogP contribution in [0.15, 0.2) is 52.3 Å². The van der Waals surface area contributed by atoms with Crippen LogP contribution in [-0.4, -0.2) is 0 Å². The summed E-state index contributed by atoms with van der Waals surface area (Å²) in [4.78, 5) is 2.54. The van der Waals surface area contributed by atoms with Crippen molar-refractivity contribution in [2.75, 3.05) is 0 Å². The lowest BCUT2D eigenvalue weighted by Gasteiger charge is -2.19. The number of hydrogen-bond donors (Lipinski definition) is 1. The van der Waals surface area contributed by atoms with Gasteiger partial charge in [-0.25, -0.2) is 0 Å². The quantitative estimate of drug-likeness (QED) is 0.867. The summed E-state index contributed by atoms with van der Waals surface area (Å²) in [6.07, 6.45) is 0. The van der Waals surface area contributed by atoms with Crippen molar-refractivity contribution in [2.45, 2.75) is 49.4 Å². The second-order valence-corrected chi connectivity index (χ2v) is 7.32. The number of nitrogens with two attached hydrogens (primary N) is 1. The van der Waals surface area contributed by atoms with Crippen LogP contribution in [0.1, 0.15) is 37.5 Å². The molecule has 20 heavy (non-hydrogen) atoms. The smallest absolute Gasteiger partial charge is 0.0180 e. The summed E-state index contributed by atoms with van der Waals surface area (Å²) >= 11 is 1.80. The molecular formula is C18H23NS. The molecule has 0 fully saturated rings. The lowest BCUT2D eigenvalue weighted by atomic mass is 9.87. The maximum atomic E-state index is 5.70. The summed E-state index contributed by atoms with van der Waals surface area (Å²) in [6, 6.07) is 15.4. The molecule has 0 amide bonds. The largest absolute Gasteiger partial charge is 0.326 e. The normalized spacial score (nSPS) is 11.7. The maximum Gasteiger partial charge on any atom is 0.0180 e. The lowest BCUT2D eigenvalue weighted by Crippen LogP contribution is -2.10. The van der Waals surface area contributed by atoms with Gasteiger partial charge >= 0.3 is 0 Å². The highest BCUT2D eigenvalue weighted by molar-refractivity contribution is 7.99. The minimum Gasteiger partial charge on any atom is -0.326 e. The Morgan fingerprint density at radius 3 is 2.05 bits per heavy atom. The maximum absolute atomic E-state index is 5.70. The highest BCUT2D eigenvalue weighted by atomic mass is 32.2. The van der Waals surface area contributed by atoms with Crippen molar-refractivity contribution in [3.63, 3.8) is 0 Å². The van der Waals surface area contributed by atoms with E-state index in [9.17, 15) is 0 Å². The molecule has 2 rings (SSSR count). The zero-order chi connectivity index (χ0) is 14.8. The summed E-state index contributed by atoms with van der Waals surface area (Å²) in [5, 5.41) is 0. The van der Waals surface area contributed by atoms with Crippen LogP contribution in [0, 0.1) is 6.92 Å². The lowest BCUT2D eigenvalue weighted by molar-refractivity contribution is 0.590. The van der Waals surface area contributed by atoms with E-state index < -0.39 is 0 Å². The van der Waals surface area contributed by atoms with Crippen molar-refractivity contribution in [1.82, 2.24) is 0 Å². The summed E-state index contributed by atoms with van der Waals surface area (Å²) in [7, 11) is 0. The van der Waals surface area contributed by atoms with Crippen LogP contribution in [0.4, 0.5) is 0 Å². The first-order chi connectivity index (χ1) is 9.40. The van der Waals surface area contributed by atoms with Crippen LogP contribution in [-0.2, 0) is 12.0 Å². The van der Waals surface area contributed by atoms with Crippen molar-refractivity contribution in [3.8, 4) is 0 Å². The molecule has 0 aliphatic carbocycles. The number of aryl methyl sites for hydroxylation is 1. The summed E-state index contributed by atoms with van der Waals surface area (Å²) in [5.74, 6) is 0. The predicted octanol–water partition coefficient (Wildman–Crippen LogP) is 4.90. The monoisotopic (exact) mass is 285 g/mol. The molecule has 2 heteroatoms. The Balaban J connectivity index is 2.16. The zero-order valence-electron chi connectivity index (χ0n) is 12.7. The highest BCUT2D eigenvalue weighted by Crippen LogP contribution is 2.31. The molecule has 0 radical (unpaired) electrons. The number of rotatable bonds is 3. The molecule has 2 aromatic rings. The molecule has 2 N–H and O–H groups in total. The average Bonchev–Trinajstić information content (AvgIpc) is 2.38. The predicted molar refractivity (Wildman–Crippen MR) is 88.3 cm³/mol. The topological polar surface area (TPSA) is 26.0 Å². The molecule has 0 saturated heterocycles. The van der Waals surface area contributed by atoms with Gasteiger partial charge in [0.25, 0.3) is 0 Å². The SMILES string of the molecule is Cc1cc(Sc2ccc(C(C)(C)C)cc2)ccc1CN. The van der Waals surface area contributed by atoms with Crippen molar-refractivity contribution in [2.24, 2.45) is 5.73 Å².